The Morgan fingerprint density at radius 2 is 1.73 bits per heavy atom. The Hall–Kier alpha value is -0.330. The third kappa shape index (κ3) is 1.21. The number of Topliss-reactive ketones (excluding diaryl/α,β-unsaturated/α-hetero) is 1. The standard InChI is InChI=1S/C10H16O/c1-7-5-8-3-2-4-9(6-7)10(8)11/h7-9H,2-6H2,1H3. The molecule has 0 saturated heterocycles. The first kappa shape index (κ1) is 7.33. The van der Waals surface area contributed by atoms with Gasteiger partial charge >= 0.3 is 0 Å². The second-order valence-electron chi connectivity index (χ2n) is 4.30. The number of rotatable bonds is 0. The van der Waals surface area contributed by atoms with Gasteiger partial charge in [0.05, 0.1) is 0 Å². The summed E-state index contributed by atoms with van der Waals surface area (Å²) >= 11 is 0. The van der Waals surface area contributed by atoms with Gasteiger partial charge in [-0.25, -0.2) is 0 Å². The van der Waals surface area contributed by atoms with Crippen molar-refractivity contribution in [3.63, 3.8) is 0 Å². The average Bonchev–Trinajstić information content (AvgIpc) is 1.92. The quantitative estimate of drug-likeness (QED) is 0.521. The van der Waals surface area contributed by atoms with Crippen LogP contribution in [0.4, 0.5) is 0 Å². The van der Waals surface area contributed by atoms with E-state index in [4.69, 9.17) is 0 Å². The molecule has 2 aliphatic rings. The molecule has 0 spiro atoms. The van der Waals surface area contributed by atoms with Crippen LogP contribution in [0.25, 0.3) is 0 Å². The van der Waals surface area contributed by atoms with Crippen LogP contribution in [0.3, 0.4) is 0 Å². The summed E-state index contributed by atoms with van der Waals surface area (Å²) in [5.74, 6) is 2.31. The van der Waals surface area contributed by atoms with E-state index in [1.54, 1.807) is 0 Å². The summed E-state index contributed by atoms with van der Waals surface area (Å²) in [6.45, 7) is 2.29. The topological polar surface area (TPSA) is 17.1 Å². The molecule has 62 valence electrons. The van der Waals surface area contributed by atoms with Crippen molar-refractivity contribution < 1.29 is 4.79 Å². The summed E-state index contributed by atoms with van der Waals surface area (Å²) in [4.78, 5) is 11.6. The molecule has 0 aromatic heterocycles. The van der Waals surface area contributed by atoms with Crippen LogP contribution < -0.4 is 0 Å². The largest absolute Gasteiger partial charge is 0.299 e. The highest BCUT2D eigenvalue weighted by molar-refractivity contribution is 5.84. The molecule has 2 fully saturated rings. The lowest BCUT2D eigenvalue weighted by Gasteiger charge is -2.36. The Morgan fingerprint density at radius 1 is 1.18 bits per heavy atom. The van der Waals surface area contributed by atoms with Crippen molar-refractivity contribution in [1.29, 1.82) is 0 Å². The lowest BCUT2D eigenvalue weighted by atomic mass is 9.68. The van der Waals surface area contributed by atoms with E-state index in [0.717, 1.165) is 5.92 Å². The van der Waals surface area contributed by atoms with Gasteiger partial charge in [-0.2, -0.15) is 0 Å². The molecule has 2 unspecified atom stereocenters. The minimum absolute atomic E-state index is 0.456. The zero-order valence-corrected chi connectivity index (χ0v) is 7.18. The van der Waals surface area contributed by atoms with Crippen molar-refractivity contribution in [3.05, 3.63) is 0 Å². The van der Waals surface area contributed by atoms with Gasteiger partial charge in [-0.1, -0.05) is 13.3 Å². The minimum Gasteiger partial charge on any atom is -0.299 e. The smallest absolute Gasteiger partial charge is 0.139 e. The van der Waals surface area contributed by atoms with Gasteiger partial charge in [0.25, 0.3) is 0 Å². The SMILES string of the molecule is CC1CC2CCCC(C1)C2=O. The number of hydrogen-bond acceptors (Lipinski definition) is 1. The Balaban J connectivity index is 2.13. The molecule has 11 heavy (non-hydrogen) atoms. The van der Waals surface area contributed by atoms with Crippen LogP contribution in [-0.2, 0) is 4.79 Å². The van der Waals surface area contributed by atoms with Crippen molar-refractivity contribution in [3.8, 4) is 0 Å². The molecule has 2 rings (SSSR count). The summed E-state index contributed by atoms with van der Waals surface area (Å²) in [6, 6.07) is 0. The molecule has 2 atom stereocenters. The zero-order chi connectivity index (χ0) is 7.84. The minimum atomic E-state index is 0.456. The summed E-state index contributed by atoms with van der Waals surface area (Å²) in [7, 11) is 0. The molecule has 0 heterocycles. The highest BCUT2D eigenvalue weighted by atomic mass is 16.1. The van der Waals surface area contributed by atoms with Crippen molar-refractivity contribution in [2.24, 2.45) is 17.8 Å². The van der Waals surface area contributed by atoms with Gasteiger partial charge < -0.3 is 0 Å². The second-order valence-corrected chi connectivity index (χ2v) is 4.30. The highest BCUT2D eigenvalue weighted by Crippen LogP contribution is 2.39. The summed E-state index contributed by atoms with van der Waals surface area (Å²) in [5, 5.41) is 0. The van der Waals surface area contributed by atoms with Crippen LogP contribution in [0.15, 0.2) is 0 Å². The maximum absolute atomic E-state index is 11.6. The van der Waals surface area contributed by atoms with Gasteiger partial charge in [0.1, 0.15) is 5.78 Å². The monoisotopic (exact) mass is 152 g/mol. The van der Waals surface area contributed by atoms with Gasteiger partial charge in [0.15, 0.2) is 0 Å². The van der Waals surface area contributed by atoms with E-state index in [0.29, 0.717) is 17.6 Å². The predicted molar refractivity (Wildman–Crippen MR) is 44.2 cm³/mol. The molecule has 0 N–H and O–H groups in total. The Morgan fingerprint density at radius 3 is 2.27 bits per heavy atom. The molecule has 2 saturated carbocycles. The molecule has 0 radical (unpaired) electrons. The highest BCUT2D eigenvalue weighted by Gasteiger charge is 2.36. The molecule has 0 aliphatic heterocycles. The second kappa shape index (κ2) is 2.62. The van der Waals surface area contributed by atoms with Gasteiger partial charge in [-0.05, 0) is 31.6 Å². The normalized spacial score (nSPS) is 44.1. The first-order valence-corrected chi connectivity index (χ1v) is 4.81. The number of ketones is 1. The number of hydrogen-bond donors (Lipinski definition) is 0. The van der Waals surface area contributed by atoms with Gasteiger partial charge in [-0.15, -0.1) is 0 Å². The van der Waals surface area contributed by atoms with E-state index in [1.165, 1.54) is 32.1 Å². The van der Waals surface area contributed by atoms with Gasteiger partial charge in [0, 0.05) is 11.8 Å². The van der Waals surface area contributed by atoms with Crippen LogP contribution in [0, 0.1) is 17.8 Å². The molecular formula is C10H16O. The van der Waals surface area contributed by atoms with Crippen LogP contribution in [0.2, 0.25) is 0 Å². The lowest BCUT2D eigenvalue weighted by molar-refractivity contribution is -0.133. The average molecular weight is 152 g/mol. The fraction of sp³-hybridized carbons (Fsp3) is 0.900. The fourth-order valence-corrected chi connectivity index (χ4v) is 2.76. The third-order valence-electron chi connectivity index (χ3n) is 3.28. The molecule has 2 bridgehead atoms. The first-order chi connectivity index (χ1) is 5.27. The molecule has 0 aromatic carbocycles. The molecule has 2 aliphatic carbocycles. The molecule has 1 heteroatoms. The third-order valence-corrected chi connectivity index (χ3v) is 3.28. The number of fused-ring (bicyclic) bond motifs is 2. The summed E-state index contributed by atoms with van der Waals surface area (Å²) < 4.78 is 0. The summed E-state index contributed by atoms with van der Waals surface area (Å²) in [6.07, 6.45) is 6.01. The molecule has 0 amide bonds. The predicted octanol–water partition coefficient (Wildman–Crippen LogP) is 2.40. The number of carbonyl (C=O) groups excluding carboxylic acids is 1. The van der Waals surface area contributed by atoms with E-state index in [1.807, 2.05) is 0 Å². The van der Waals surface area contributed by atoms with Crippen molar-refractivity contribution in [2.75, 3.05) is 0 Å². The first-order valence-electron chi connectivity index (χ1n) is 4.81. The number of carbonyl (C=O) groups is 1. The summed E-state index contributed by atoms with van der Waals surface area (Å²) in [5.41, 5.74) is 0. The molecule has 0 aromatic rings. The Labute approximate surface area is 68.2 Å². The van der Waals surface area contributed by atoms with Crippen molar-refractivity contribution in [1.82, 2.24) is 0 Å². The van der Waals surface area contributed by atoms with Gasteiger partial charge in [0.2, 0.25) is 0 Å². The van der Waals surface area contributed by atoms with Crippen molar-refractivity contribution >= 4 is 5.78 Å². The van der Waals surface area contributed by atoms with Crippen LogP contribution in [0.5, 0.6) is 0 Å². The van der Waals surface area contributed by atoms with E-state index in [9.17, 15) is 4.79 Å². The van der Waals surface area contributed by atoms with Crippen molar-refractivity contribution in [2.45, 2.75) is 39.0 Å². The van der Waals surface area contributed by atoms with Crippen LogP contribution in [-0.4, -0.2) is 5.78 Å². The Kier molecular flexibility index (Phi) is 1.74. The maximum Gasteiger partial charge on any atom is 0.139 e. The zero-order valence-electron chi connectivity index (χ0n) is 7.18. The maximum atomic E-state index is 11.6. The van der Waals surface area contributed by atoms with Crippen LogP contribution >= 0.6 is 0 Å². The van der Waals surface area contributed by atoms with Gasteiger partial charge in [-0.3, -0.25) is 4.79 Å². The van der Waals surface area contributed by atoms with E-state index >= 15 is 0 Å². The van der Waals surface area contributed by atoms with E-state index in [-0.39, 0.29) is 0 Å². The fourth-order valence-electron chi connectivity index (χ4n) is 2.76. The van der Waals surface area contributed by atoms with E-state index < -0.39 is 0 Å². The van der Waals surface area contributed by atoms with Crippen LogP contribution in [0.1, 0.15) is 39.0 Å². The Bertz CT molecular complexity index is 158. The van der Waals surface area contributed by atoms with E-state index in [2.05, 4.69) is 6.92 Å². The molecule has 1 nitrogen and oxygen atoms in total. The molecular weight excluding hydrogens is 136 g/mol. The lowest BCUT2D eigenvalue weighted by Crippen LogP contribution is -2.35.